The summed E-state index contributed by atoms with van der Waals surface area (Å²) in [6, 6.07) is 7.56. The first-order chi connectivity index (χ1) is 7.55. The summed E-state index contributed by atoms with van der Waals surface area (Å²) in [6.07, 6.45) is 3.89. The van der Waals surface area contributed by atoms with E-state index in [0.29, 0.717) is 11.5 Å². The molecule has 0 spiro atoms. The lowest BCUT2D eigenvalue weighted by atomic mass is 9.78. The summed E-state index contributed by atoms with van der Waals surface area (Å²) in [7, 11) is 2.08. The van der Waals surface area contributed by atoms with Crippen LogP contribution in [0.2, 0.25) is 0 Å². The van der Waals surface area contributed by atoms with Gasteiger partial charge in [-0.1, -0.05) is 30.7 Å². The molecule has 2 atom stereocenters. The molecule has 0 aromatic heterocycles. The van der Waals surface area contributed by atoms with Crippen molar-refractivity contribution >= 4 is 0 Å². The molecule has 1 aromatic carbocycles. The third-order valence-corrected chi connectivity index (χ3v) is 4.19. The Morgan fingerprint density at radius 2 is 2.06 bits per heavy atom. The van der Waals surface area contributed by atoms with Gasteiger partial charge in [-0.25, -0.2) is 0 Å². The van der Waals surface area contributed by atoms with Crippen molar-refractivity contribution in [3.8, 4) is 0 Å². The van der Waals surface area contributed by atoms with E-state index in [1.54, 1.807) is 5.56 Å². The zero-order chi connectivity index (χ0) is 11.8. The molecular formula is C15H23N. The Kier molecular flexibility index (Phi) is 3.07. The average molecular weight is 217 g/mol. The van der Waals surface area contributed by atoms with Crippen molar-refractivity contribution in [2.75, 3.05) is 7.05 Å². The van der Waals surface area contributed by atoms with E-state index in [1.807, 2.05) is 0 Å². The zero-order valence-electron chi connectivity index (χ0n) is 10.9. The molecule has 1 saturated carbocycles. The summed E-state index contributed by atoms with van der Waals surface area (Å²) in [4.78, 5) is 0. The van der Waals surface area contributed by atoms with E-state index < -0.39 is 0 Å². The molecule has 2 rings (SSSR count). The molecule has 88 valence electrons. The molecule has 0 heterocycles. The molecule has 0 saturated heterocycles. The molecule has 1 aromatic rings. The number of aryl methyl sites for hydroxylation is 2. The monoisotopic (exact) mass is 217 g/mol. The normalized spacial score (nSPS) is 29.6. The Hall–Kier alpha value is -0.820. The van der Waals surface area contributed by atoms with Gasteiger partial charge >= 0.3 is 0 Å². The second-order valence-electron chi connectivity index (χ2n) is 5.61. The van der Waals surface area contributed by atoms with Gasteiger partial charge in [0, 0.05) is 6.04 Å². The van der Waals surface area contributed by atoms with Gasteiger partial charge in [0.25, 0.3) is 0 Å². The lowest BCUT2D eigenvalue weighted by molar-refractivity contribution is 0.464. The fourth-order valence-corrected chi connectivity index (χ4v) is 3.12. The number of hydrogen-bond donors (Lipinski definition) is 1. The van der Waals surface area contributed by atoms with Gasteiger partial charge in [0.1, 0.15) is 0 Å². The summed E-state index contributed by atoms with van der Waals surface area (Å²) < 4.78 is 0. The van der Waals surface area contributed by atoms with Gasteiger partial charge in [-0.05, 0) is 56.7 Å². The quantitative estimate of drug-likeness (QED) is 0.801. The van der Waals surface area contributed by atoms with Crippen molar-refractivity contribution in [1.29, 1.82) is 0 Å². The molecule has 1 heteroatoms. The Morgan fingerprint density at radius 3 is 2.69 bits per heavy atom. The fraction of sp³-hybridized carbons (Fsp3) is 0.600. The molecule has 16 heavy (non-hydrogen) atoms. The summed E-state index contributed by atoms with van der Waals surface area (Å²) >= 11 is 0. The fourth-order valence-electron chi connectivity index (χ4n) is 3.12. The first kappa shape index (κ1) is 11.7. The molecule has 1 fully saturated rings. The van der Waals surface area contributed by atoms with Crippen molar-refractivity contribution in [2.45, 2.75) is 51.5 Å². The zero-order valence-corrected chi connectivity index (χ0v) is 10.9. The van der Waals surface area contributed by atoms with Crippen LogP contribution in [-0.4, -0.2) is 13.1 Å². The topological polar surface area (TPSA) is 12.0 Å². The van der Waals surface area contributed by atoms with E-state index in [1.165, 1.54) is 30.4 Å². The van der Waals surface area contributed by atoms with Gasteiger partial charge in [-0.15, -0.1) is 0 Å². The maximum atomic E-state index is 3.42. The molecule has 1 aliphatic rings. The van der Waals surface area contributed by atoms with Crippen LogP contribution in [0.1, 0.15) is 42.9 Å². The van der Waals surface area contributed by atoms with Crippen LogP contribution in [0.5, 0.6) is 0 Å². The largest absolute Gasteiger partial charge is 0.317 e. The minimum atomic E-state index is 0.379. The van der Waals surface area contributed by atoms with E-state index in [2.05, 4.69) is 51.3 Å². The van der Waals surface area contributed by atoms with Crippen LogP contribution in [0.4, 0.5) is 0 Å². The number of benzene rings is 1. The molecule has 1 aliphatic carbocycles. The summed E-state index contributed by atoms with van der Waals surface area (Å²) in [5.74, 6) is 0. The number of rotatable bonds is 2. The highest BCUT2D eigenvalue weighted by atomic mass is 14.9. The van der Waals surface area contributed by atoms with E-state index in [-0.39, 0.29) is 0 Å². The van der Waals surface area contributed by atoms with E-state index in [0.717, 1.165) is 0 Å². The van der Waals surface area contributed by atoms with Crippen molar-refractivity contribution < 1.29 is 0 Å². The minimum absolute atomic E-state index is 0.379. The molecule has 1 N–H and O–H groups in total. The van der Waals surface area contributed by atoms with Crippen LogP contribution in [0, 0.1) is 13.8 Å². The average Bonchev–Trinajstić information content (AvgIpc) is 2.65. The van der Waals surface area contributed by atoms with Gasteiger partial charge in [-0.3, -0.25) is 0 Å². The number of nitrogens with one attached hydrogen (secondary N) is 1. The molecule has 2 unspecified atom stereocenters. The Balaban J connectivity index is 2.33. The van der Waals surface area contributed by atoms with Crippen molar-refractivity contribution in [3.63, 3.8) is 0 Å². The Bertz CT molecular complexity index is 383. The van der Waals surface area contributed by atoms with Crippen LogP contribution in [0.25, 0.3) is 0 Å². The molecule has 0 aliphatic heterocycles. The molecule has 0 amide bonds. The third-order valence-electron chi connectivity index (χ3n) is 4.19. The Morgan fingerprint density at radius 1 is 1.31 bits per heavy atom. The predicted molar refractivity (Wildman–Crippen MR) is 70.0 cm³/mol. The molecule has 0 bridgehead atoms. The SMILES string of the molecule is CNC1CCC(C)(c2cc(C)ccc2C)C1. The maximum absolute atomic E-state index is 3.42. The van der Waals surface area contributed by atoms with E-state index >= 15 is 0 Å². The van der Waals surface area contributed by atoms with Crippen LogP contribution >= 0.6 is 0 Å². The van der Waals surface area contributed by atoms with Crippen LogP contribution in [-0.2, 0) is 5.41 Å². The van der Waals surface area contributed by atoms with E-state index in [4.69, 9.17) is 0 Å². The second-order valence-corrected chi connectivity index (χ2v) is 5.61. The highest BCUT2D eigenvalue weighted by Crippen LogP contribution is 2.42. The number of hydrogen-bond acceptors (Lipinski definition) is 1. The predicted octanol–water partition coefficient (Wildman–Crippen LogP) is 3.33. The third kappa shape index (κ3) is 2.01. The Labute approximate surface area is 99.3 Å². The first-order valence-corrected chi connectivity index (χ1v) is 6.30. The lowest BCUT2D eigenvalue weighted by Crippen LogP contribution is -2.26. The maximum Gasteiger partial charge on any atom is 0.00727 e. The highest BCUT2D eigenvalue weighted by Gasteiger charge is 2.36. The summed E-state index contributed by atoms with van der Waals surface area (Å²) in [5.41, 5.74) is 4.77. The summed E-state index contributed by atoms with van der Waals surface area (Å²) in [6.45, 7) is 6.86. The van der Waals surface area contributed by atoms with Crippen LogP contribution < -0.4 is 5.32 Å². The standard InChI is InChI=1S/C15H23N/c1-11-5-6-12(2)14(9-11)15(3)8-7-13(10-15)16-4/h5-6,9,13,16H,7-8,10H2,1-4H3. The second kappa shape index (κ2) is 4.21. The van der Waals surface area contributed by atoms with Crippen LogP contribution in [0.3, 0.4) is 0 Å². The van der Waals surface area contributed by atoms with Gasteiger partial charge in [0.2, 0.25) is 0 Å². The van der Waals surface area contributed by atoms with Gasteiger partial charge in [-0.2, -0.15) is 0 Å². The van der Waals surface area contributed by atoms with Crippen molar-refractivity contribution in [1.82, 2.24) is 5.32 Å². The van der Waals surface area contributed by atoms with Gasteiger partial charge < -0.3 is 5.32 Å². The lowest BCUT2D eigenvalue weighted by Gasteiger charge is -2.27. The van der Waals surface area contributed by atoms with Gasteiger partial charge in [0.05, 0.1) is 0 Å². The van der Waals surface area contributed by atoms with Crippen molar-refractivity contribution in [2.24, 2.45) is 0 Å². The summed E-state index contributed by atoms with van der Waals surface area (Å²) in [5, 5.41) is 3.42. The van der Waals surface area contributed by atoms with Gasteiger partial charge in [0.15, 0.2) is 0 Å². The molecule has 1 nitrogen and oxygen atoms in total. The van der Waals surface area contributed by atoms with Crippen molar-refractivity contribution in [3.05, 3.63) is 34.9 Å². The molecular weight excluding hydrogens is 194 g/mol. The highest BCUT2D eigenvalue weighted by molar-refractivity contribution is 5.37. The minimum Gasteiger partial charge on any atom is -0.317 e. The smallest absolute Gasteiger partial charge is 0.00727 e. The first-order valence-electron chi connectivity index (χ1n) is 6.30. The van der Waals surface area contributed by atoms with Crippen LogP contribution in [0.15, 0.2) is 18.2 Å². The van der Waals surface area contributed by atoms with E-state index in [9.17, 15) is 0 Å². The molecule has 0 radical (unpaired) electrons.